The van der Waals surface area contributed by atoms with Gasteiger partial charge in [0.2, 0.25) is 10.0 Å². The molecule has 1 aromatic heterocycles. The molecule has 8 heteroatoms. The summed E-state index contributed by atoms with van der Waals surface area (Å²) in [7, 11) is -1.78. The van der Waals surface area contributed by atoms with Crippen LogP contribution in [0.1, 0.15) is 43.5 Å². The van der Waals surface area contributed by atoms with Crippen LogP contribution in [-0.4, -0.2) is 56.6 Å². The molecule has 3 rings (SSSR count). The lowest BCUT2D eigenvalue weighted by Crippen LogP contribution is -3.23. The third-order valence-corrected chi connectivity index (χ3v) is 7.62. The second kappa shape index (κ2) is 7.34. The van der Waals surface area contributed by atoms with Crippen molar-refractivity contribution in [2.75, 3.05) is 32.8 Å². The van der Waals surface area contributed by atoms with E-state index in [9.17, 15) is 8.42 Å². The number of rotatable bonds is 5. The molecule has 1 saturated heterocycles. The molecular weight excluding hydrogens is 340 g/mol. The van der Waals surface area contributed by atoms with Gasteiger partial charge in [-0.1, -0.05) is 6.42 Å². The molecule has 1 aliphatic carbocycles. The highest BCUT2D eigenvalue weighted by atomic mass is 32.2. The molecule has 1 aliphatic heterocycles. The summed E-state index contributed by atoms with van der Waals surface area (Å²) in [4.78, 5) is 1.83. The number of nitrogens with one attached hydrogen (secondary N) is 2. The summed E-state index contributed by atoms with van der Waals surface area (Å²) < 4.78 is 36.0. The first-order valence-corrected chi connectivity index (χ1v) is 10.8. The molecule has 142 valence electrons. The van der Waals surface area contributed by atoms with Gasteiger partial charge in [0.15, 0.2) is 0 Å². The molecule has 1 aromatic rings. The second-order valence-electron chi connectivity index (χ2n) is 7.51. The first-order chi connectivity index (χ1) is 11.9. The second-order valence-corrected chi connectivity index (χ2v) is 9.21. The summed E-state index contributed by atoms with van der Waals surface area (Å²) >= 11 is 0. The zero-order valence-corrected chi connectivity index (χ0v) is 16.4. The van der Waals surface area contributed by atoms with Crippen LogP contribution in [0.25, 0.3) is 0 Å². The summed E-state index contributed by atoms with van der Waals surface area (Å²) in [5.41, 5.74) is 1.24. The standard InChI is InChI=1S/C17H30N4O3S/c1-14-16(15(2)20(3)19-14)25(22,23)18-13-17(7-5-4-6-8-17)21-9-11-24-12-10-21/h18H,4-13H2,1-3H3/p+1. The van der Waals surface area contributed by atoms with Crippen LogP contribution in [0.5, 0.6) is 0 Å². The van der Waals surface area contributed by atoms with Crippen molar-refractivity contribution in [1.82, 2.24) is 14.5 Å². The Bertz CT molecular complexity index is 702. The van der Waals surface area contributed by atoms with Crippen LogP contribution in [0, 0.1) is 13.8 Å². The lowest BCUT2D eigenvalue weighted by Gasteiger charge is -2.44. The number of aromatic nitrogens is 2. The van der Waals surface area contributed by atoms with E-state index in [0.29, 0.717) is 22.8 Å². The number of hydrogen-bond donors (Lipinski definition) is 2. The smallest absolute Gasteiger partial charge is 0.244 e. The first kappa shape index (κ1) is 18.8. The Morgan fingerprint density at radius 1 is 1.20 bits per heavy atom. The predicted molar refractivity (Wildman–Crippen MR) is 95.2 cm³/mol. The molecule has 0 unspecified atom stereocenters. The van der Waals surface area contributed by atoms with Gasteiger partial charge in [-0.2, -0.15) is 5.10 Å². The Labute approximate surface area is 150 Å². The van der Waals surface area contributed by atoms with E-state index in [0.717, 1.165) is 39.1 Å². The summed E-state index contributed by atoms with van der Waals surface area (Å²) in [6.45, 7) is 7.52. The first-order valence-electron chi connectivity index (χ1n) is 9.28. The van der Waals surface area contributed by atoms with E-state index in [4.69, 9.17) is 4.74 Å². The van der Waals surface area contributed by atoms with Crippen LogP contribution in [0.4, 0.5) is 0 Å². The third kappa shape index (κ3) is 3.77. The van der Waals surface area contributed by atoms with Crippen molar-refractivity contribution in [2.45, 2.75) is 56.4 Å². The van der Waals surface area contributed by atoms with Gasteiger partial charge >= 0.3 is 0 Å². The van der Waals surface area contributed by atoms with Gasteiger partial charge in [-0.15, -0.1) is 0 Å². The maximum absolute atomic E-state index is 13.0. The zero-order valence-electron chi connectivity index (χ0n) is 15.6. The Morgan fingerprint density at radius 3 is 2.40 bits per heavy atom. The van der Waals surface area contributed by atoms with E-state index in [-0.39, 0.29) is 5.54 Å². The molecule has 2 fully saturated rings. The lowest BCUT2D eigenvalue weighted by atomic mass is 9.80. The third-order valence-electron chi connectivity index (χ3n) is 5.97. The molecular formula is C17H31N4O3S+. The van der Waals surface area contributed by atoms with Crippen LogP contribution in [0.15, 0.2) is 4.90 Å². The van der Waals surface area contributed by atoms with Crippen molar-refractivity contribution in [2.24, 2.45) is 7.05 Å². The van der Waals surface area contributed by atoms with Crippen LogP contribution in [0.2, 0.25) is 0 Å². The van der Waals surface area contributed by atoms with Gasteiger partial charge in [-0.05, 0) is 26.7 Å². The normalized spacial score (nSPS) is 22.2. The number of aryl methyl sites for hydroxylation is 2. The van der Waals surface area contributed by atoms with E-state index in [1.807, 2.05) is 0 Å². The molecule has 1 saturated carbocycles. The van der Waals surface area contributed by atoms with E-state index < -0.39 is 10.0 Å². The van der Waals surface area contributed by atoms with E-state index in [1.165, 1.54) is 24.2 Å². The van der Waals surface area contributed by atoms with Gasteiger partial charge in [0.1, 0.15) is 23.5 Å². The fourth-order valence-corrected chi connectivity index (χ4v) is 6.04. The molecule has 2 N–H and O–H groups in total. The molecule has 2 aliphatic rings. The van der Waals surface area contributed by atoms with Gasteiger partial charge in [0.05, 0.1) is 31.1 Å². The molecule has 0 aromatic carbocycles. The van der Waals surface area contributed by atoms with Gasteiger partial charge in [-0.25, -0.2) is 13.1 Å². The van der Waals surface area contributed by atoms with Gasteiger partial charge in [-0.3, -0.25) is 4.68 Å². The van der Waals surface area contributed by atoms with E-state index in [1.54, 1.807) is 25.6 Å². The fourth-order valence-electron chi connectivity index (χ4n) is 4.48. The van der Waals surface area contributed by atoms with Crippen molar-refractivity contribution in [1.29, 1.82) is 0 Å². The number of hydrogen-bond acceptors (Lipinski definition) is 4. The highest BCUT2D eigenvalue weighted by molar-refractivity contribution is 7.89. The number of nitrogens with zero attached hydrogens (tertiary/aromatic N) is 2. The van der Waals surface area contributed by atoms with Crippen LogP contribution in [0.3, 0.4) is 0 Å². The van der Waals surface area contributed by atoms with Crippen molar-refractivity contribution < 1.29 is 18.1 Å². The van der Waals surface area contributed by atoms with Crippen molar-refractivity contribution in [3.8, 4) is 0 Å². The largest absolute Gasteiger partial charge is 0.370 e. The molecule has 7 nitrogen and oxygen atoms in total. The highest BCUT2D eigenvalue weighted by Crippen LogP contribution is 2.26. The van der Waals surface area contributed by atoms with Crippen molar-refractivity contribution >= 4 is 10.0 Å². The minimum atomic E-state index is -3.55. The minimum Gasteiger partial charge on any atom is -0.370 e. The van der Waals surface area contributed by atoms with Crippen LogP contribution in [-0.2, 0) is 21.8 Å². The maximum atomic E-state index is 13.0. The molecule has 0 bridgehead atoms. The minimum absolute atomic E-state index is 0.000875. The zero-order chi connectivity index (χ0) is 18.1. The molecule has 2 heterocycles. The Morgan fingerprint density at radius 2 is 1.84 bits per heavy atom. The summed E-state index contributed by atoms with van der Waals surface area (Å²) in [5.74, 6) is 0. The number of sulfonamides is 1. The molecule has 0 spiro atoms. The average molecular weight is 372 g/mol. The Hall–Kier alpha value is -0.960. The maximum Gasteiger partial charge on any atom is 0.244 e. The van der Waals surface area contributed by atoms with Crippen molar-refractivity contribution in [3.63, 3.8) is 0 Å². The van der Waals surface area contributed by atoms with E-state index in [2.05, 4.69) is 9.82 Å². The number of morpholine rings is 1. The summed E-state index contributed by atoms with van der Waals surface area (Å²) in [6.07, 6.45) is 5.76. The topological polar surface area (TPSA) is 77.7 Å². The van der Waals surface area contributed by atoms with Crippen molar-refractivity contribution in [3.05, 3.63) is 11.4 Å². The van der Waals surface area contributed by atoms with Gasteiger partial charge in [0, 0.05) is 19.9 Å². The quantitative estimate of drug-likeness (QED) is 0.760. The summed E-state index contributed by atoms with van der Waals surface area (Å²) in [5, 5.41) is 4.25. The Kier molecular flexibility index (Phi) is 5.53. The van der Waals surface area contributed by atoms with Crippen LogP contribution < -0.4 is 9.62 Å². The lowest BCUT2D eigenvalue weighted by molar-refractivity contribution is -0.960. The number of ether oxygens (including phenoxy) is 1. The molecule has 0 amide bonds. The Balaban J connectivity index is 1.80. The molecule has 0 radical (unpaired) electrons. The summed E-state index contributed by atoms with van der Waals surface area (Å²) in [6, 6.07) is 0. The average Bonchev–Trinajstić information content (AvgIpc) is 2.87. The van der Waals surface area contributed by atoms with Gasteiger partial charge < -0.3 is 9.64 Å². The van der Waals surface area contributed by atoms with E-state index >= 15 is 0 Å². The predicted octanol–water partition coefficient (Wildman–Crippen LogP) is -0.0668. The van der Waals surface area contributed by atoms with Gasteiger partial charge in [0.25, 0.3) is 0 Å². The number of quaternary nitrogens is 1. The fraction of sp³-hybridized carbons (Fsp3) is 0.824. The SMILES string of the molecule is Cc1nn(C)c(C)c1S(=O)(=O)NCC1([NH+]2CCOCC2)CCCCC1. The van der Waals surface area contributed by atoms with Crippen LogP contribution >= 0.6 is 0 Å². The monoisotopic (exact) mass is 371 g/mol. The highest BCUT2D eigenvalue weighted by Gasteiger charge is 2.43. The molecule has 25 heavy (non-hydrogen) atoms. The molecule has 0 atom stereocenters.